The first-order chi connectivity index (χ1) is 17.6. The van der Waals surface area contributed by atoms with Crippen LogP contribution < -0.4 is 11.5 Å². The SMILES string of the molecule is Cc1cccc(C(CCCC2CCC(N)CC2)c2cn(CC3CCOCC3)c3ccc(CN)cc23)c1. The Morgan fingerprint density at radius 2 is 1.78 bits per heavy atom. The molecule has 0 amide bonds. The number of aromatic nitrogens is 1. The minimum atomic E-state index is 0.405. The normalized spacial score (nSPS) is 22.2. The first-order valence-corrected chi connectivity index (χ1v) is 14.3. The van der Waals surface area contributed by atoms with Gasteiger partial charge in [0, 0.05) is 55.4 Å². The number of benzene rings is 2. The van der Waals surface area contributed by atoms with E-state index in [-0.39, 0.29) is 0 Å². The van der Waals surface area contributed by atoms with Crippen molar-refractivity contribution in [2.24, 2.45) is 23.3 Å². The van der Waals surface area contributed by atoms with Gasteiger partial charge < -0.3 is 20.8 Å². The van der Waals surface area contributed by atoms with Crippen LogP contribution in [0.5, 0.6) is 0 Å². The van der Waals surface area contributed by atoms with E-state index in [1.54, 1.807) is 0 Å². The highest BCUT2D eigenvalue weighted by atomic mass is 16.5. The van der Waals surface area contributed by atoms with E-state index in [2.05, 4.69) is 60.2 Å². The molecule has 2 heterocycles. The Morgan fingerprint density at radius 3 is 2.53 bits per heavy atom. The fraction of sp³-hybridized carbons (Fsp3) is 0.562. The van der Waals surface area contributed by atoms with Gasteiger partial charge in [0.15, 0.2) is 0 Å². The largest absolute Gasteiger partial charge is 0.381 e. The Kier molecular flexibility index (Phi) is 8.46. The molecule has 4 nitrogen and oxygen atoms in total. The van der Waals surface area contributed by atoms with E-state index < -0.39 is 0 Å². The molecule has 4 heteroatoms. The van der Waals surface area contributed by atoms with E-state index in [0.29, 0.717) is 24.4 Å². The molecule has 2 fully saturated rings. The van der Waals surface area contributed by atoms with E-state index in [9.17, 15) is 0 Å². The number of nitrogens with zero attached hydrogens (tertiary/aromatic N) is 1. The Bertz CT molecular complexity index is 1120. The van der Waals surface area contributed by atoms with Crippen LogP contribution in [-0.4, -0.2) is 23.8 Å². The Morgan fingerprint density at radius 1 is 0.972 bits per heavy atom. The van der Waals surface area contributed by atoms with E-state index in [1.165, 1.54) is 78.1 Å². The summed E-state index contributed by atoms with van der Waals surface area (Å²) < 4.78 is 8.17. The van der Waals surface area contributed by atoms with Gasteiger partial charge in [0.25, 0.3) is 0 Å². The van der Waals surface area contributed by atoms with Gasteiger partial charge in [0.2, 0.25) is 0 Å². The second-order valence-corrected chi connectivity index (χ2v) is 11.5. The Hall–Kier alpha value is -2.14. The van der Waals surface area contributed by atoms with Crippen molar-refractivity contribution in [3.05, 3.63) is 70.9 Å². The molecule has 1 aliphatic heterocycles. The maximum absolute atomic E-state index is 6.17. The number of hydrogen-bond acceptors (Lipinski definition) is 3. The quantitative estimate of drug-likeness (QED) is 0.355. The van der Waals surface area contributed by atoms with Crippen molar-refractivity contribution in [1.29, 1.82) is 0 Å². The number of hydrogen-bond donors (Lipinski definition) is 2. The predicted molar refractivity (Wildman–Crippen MR) is 150 cm³/mol. The van der Waals surface area contributed by atoms with Gasteiger partial charge in [0.1, 0.15) is 0 Å². The summed E-state index contributed by atoms with van der Waals surface area (Å²) in [4.78, 5) is 0. The Labute approximate surface area is 217 Å². The number of aryl methyl sites for hydroxylation is 1. The summed E-state index contributed by atoms with van der Waals surface area (Å²) in [5.41, 5.74) is 19.1. The van der Waals surface area contributed by atoms with Crippen molar-refractivity contribution in [3.63, 3.8) is 0 Å². The molecule has 2 aliphatic rings. The van der Waals surface area contributed by atoms with Crippen molar-refractivity contribution in [3.8, 4) is 0 Å². The third kappa shape index (κ3) is 6.04. The van der Waals surface area contributed by atoms with Crippen molar-refractivity contribution in [2.45, 2.75) is 89.8 Å². The summed E-state index contributed by atoms with van der Waals surface area (Å²) in [6.07, 6.45) is 13.6. The van der Waals surface area contributed by atoms with Crippen molar-refractivity contribution in [1.82, 2.24) is 4.57 Å². The molecule has 0 bridgehead atoms. The van der Waals surface area contributed by atoms with Gasteiger partial charge in [-0.25, -0.2) is 0 Å². The molecule has 1 atom stereocenters. The van der Waals surface area contributed by atoms with Crippen LogP contribution in [0.3, 0.4) is 0 Å². The highest BCUT2D eigenvalue weighted by molar-refractivity contribution is 5.86. The lowest BCUT2D eigenvalue weighted by Crippen LogP contribution is -2.26. The average Bonchev–Trinajstić information content (AvgIpc) is 3.25. The van der Waals surface area contributed by atoms with Gasteiger partial charge in [-0.15, -0.1) is 0 Å². The number of ether oxygens (including phenoxy) is 1. The van der Waals surface area contributed by atoms with Crippen LogP contribution in [0.2, 0.25) is 0 Å². The van der Waals surface area contributed by atoms with Crippen LogP contribution in [0.1, 0.15) is 86.0 Å². The smallest absolute Gasteiger partial charge is 0.0483 e. The van der Waals surface area contributed by atoms with Crippen LogP contribution in [0.15, 0.2) is 48.7 Å². The van der Waals surface area contributed by atoms with Gasteiger partial charge in [0.05, 0.1) is 0 Å². The maximum Gasteiger partial charge on any atom is 0.0483 e. The van der Waals surface area contributed by atoms with E-state index in [1.807, 2.05) is 0 Å². The molecule has 194 valence electrons. The topological polar surface area (TPSA) is 66.2 Å². The lowest BCUT2D eigenvalue weighted by atomic mass is 9.81. The number of fused-ring (bicyclic) bond motifs is 1. The third-order valence-electron chi connectivity index (χ3n) is 8.82. The summed E-state index contributed by atoms with van der Waals surface area (Å²) in [6, 6.07) is 16.5. The molecule has 36 heavy (non-hydrogen) atoms. The molecule has 1 aliphatic carbocycles. The molecule has 4 N–H and O–H groups in total. The van der Waals surface area contributed by atoms with Crippen molar-refractivity contribution < 1.29 is 4.74 Å². The van der Waals surface area contributed by atoms with Gasteiger partial charge in [-0.2, -0.15) is 0 Å². The highest BCUT2D eigenvalue weighted by Crippen LogP contribution is 2.38. The molecular formula is C32H45N3O. The van der Waals surface area contributed by atoms with Crippen molar-refractivity contribution >= 4 is 10.9 Å². The zero-order valence-corrected chi connectivity index (χ0v) is 22.1. The molecule has 1 saturated heterocycles. The summed E-state index contributed by atoms with van der Waals surface area (Å²) in [5.74, 6) is 1.94. The highest BCUT2D eigenvalue weighted by Gasteiger charge is 2.24. The van der Waals surface area contributed by atoms with E-state index in [4.69, 9.17) is 16.2 Å². The maximum atomic E-state index is 6.17. The molecule has 0 radical (unpaired) electrons. The molecule has 0 spiro atoms. The van der Waals surface area contributed by atoms with Crippen LogP contribution in [0, 0.1) is 18.8 Å². The summed E-state index contributed by atoms with van der Waals surface area (Å²) in [6.45, 7) is 5.66. The van der Waals surface area contributed by atoms with Crippen molar-refractivity contribution in [2.75, 3.05) is 13.2 Å². The molecule has 1 aromatic heterocycles. The van der Waals surface area contributed by atoms with Gasteiger partial charge in [-0.3, -0.25) is 0 Å². The van der Waals surface area contributed by atoms with Crippen LogP contribution in [0.25, 0.3) is 10.9 Å². The standard InChI is InChI=1S/C32H45N3O/c1-23-4-2-6-27(18-23)29(7-3-5-24-8-11-28(34)12-9-24)31-22-35(21-25-14-16-36-17-15-25)32-13-10-26(20-33)19-30(31)32/h2,4,6,10,13,18-19,22,24-25,28-29H,3,5,7-9,11-12,14-17,20-21,33-34H2,1H3. The zero-order valence-electron chi connectivity index (χ0n) is 22.1. The summed E-state index contributed by atoms with van der Waals surface area (Å²) in [7, 11) is 0. The fourth-order valence-electron chi connectivity index (χ4n) is 6.61. The summed E-state index contributed by atoms with van der Waals surface area (Å²) >= 11 is 0. The number of rotatable bonds is 9. The second kappa shape index (κ2) is 11.9. The lowest BCUT2D eigenvalue weighted by Gasteiger charge is -2.26. The summed E-state index contributed by atoms with van der Waals surface area (Å²) in [5, 5.41) is 1.39. The second-order valence-electron chi connectivity index (χ2n) is 11.5. The fourth-order valence-corrected chi connectivity index (χ4v) is 6.61. The molecule has 1 saturated carbocycles. The zero-order chi connectivity index (χ0) is 24.9. The molecule has 3 aromatic rings. The minimum Gasteiger partial charge on any atom is -0.381 e. The monoisotopic (exact) mass is 487 g/mol. The van der Waals surface area contributed by atoms with Crippen LogP contribution in [-0.2, 0) is 17.8 Å². The molecule has 5 rings (SSSR count). The third-order valence-corrected chi connectivity index (χ3v) is 8.82. The van der Waals surface area contributed by atoms with Gasteiger partial charge >= 0.3 is 0 Å². The first kappa shape index (κ1) is 25.5. The van der Waals surface area contributed by atoms with Gasteiger partial charge in [-0.05, 0) is 92.5 Å². The number of nitrogens with two attached hydrogens (primary N) is 2. The molecule has 1 unspecified atom stereocenters. The first-order valence-electron chi connectivity index (χ1n) is 14.3. The van der Waals surface area contributed by atoms with E-state index in [0.717, 1.165) is 38.5 Å². The van der Waals surface area contributed by atoms with Crippen LogP contribution in [0.4, 0.5) is 0 Å². The van der Waals surface area contributed by atoms with E-state index >= 15 is 0 Å². The lowest BCUT2D eigenvalue weighted by molar-refractivity contribution is 0.0616. The molecule has 2 aromatic carbocycles. The Balaban J connectivity index is 1.46. The molecular weight excluding hydrogens is 442 g/mol. The average molecular weight is 488 g/mol. The van der Waals surface area contributed by atoms with Crippen LogP contribution >= 0.6 is 0 Å². The van der Waals surface area contributed by atoms with Gasteiger partial charge in [-0.1, -0.05) is 48.7 Å². The minimum absolute atomic E-state index is 0.405. The predicted octanol–water partition coefficient (Wildman–Crippen LogP) is 6.65.